The Hall–Kier alpha value is -2.86. The van der Waals surface area contributed by atoms with E-state index in [4.69, 9.17) is 0 Å². The molecular formula is C32H38F3N3. The smallest absolute Gasteiger partial charge is 0.371 e. The zero-order valence-corrected chi connectivity index (χ0v) is 22.7. The first-order valence-electron chi connectivity index (χ1n) is 14.1. The van der Waals surface area contributed by atoms with Crippen LogP contribution in [0.3, 0.4) is 0 Å². The van der Waals surface area contributed by atoms with Crippen molar-refractivity contribution in [2.24, 2.45) is 0 Å². The SMILES string of the molecule is CCc1cccc(CC)c1-c1cc(N2CCCC2)c(CN(C)C2CCCc3ccccc32)c(C(F)(F)F)n1. The fourth-order valence-corrected chi connectivity index (χ4v) is 6.43. The fourth-order valence-electron chi connectivity index (χ4n) is 6.43. The van der Waals surface area contributed by atoms with Crippen LogP contribution >= 0.6 is 0 Å². The number of nitrogens with zero attached hydrogens (tertiary/aromatic N) is 3. The highest BCUT2D eigenvalue weighted by molar-refractivity contribution is 5.74. The number of hydrogen-bond donors (Lipinski definition) is 0. The molecule has 2 heterocycles. The number of pyridine rings is 1. The molecule has 1 aromatic heterocycles. The van der Waals surface area contributed by atoms with E-state index in [2.05, 4.69) is 46.8 Å². The van der Waals surface area contributed by atoms with E-state index in [0.29, 0.717) is 16.9 Å². The van der Waals surface area contributed by atoms with Crippen LogP contribution in [0.25, 0.3) is 11.3 Å². The summed E-state index contributed by atoms with van der Waals surface area (Å²) in [5, 5.41) is 0. The van der Waals surface area contributed by atoms with Crippen LogP contribution in [0.2, 0.25) is 0 Å². The summed E-state index contributed by atoms with van der Waals surface area (Å²) in [5.74, 6) is 0. The van der Waals surface area contributed by atoms with Gasteiger partial charge in [-0.25, -0.2) is 4.98 Å². The van der Waals surface area contributed by atoms with Gasteiger partial charge in [-0.15, -0.1) is 0 Å². The van der Waals surface area contributed by atoms with Crippen molar-refractivity contribution in [1.29, 1.82) is 0 Å². The molecular weight excluding hydrogens is 483 g/mol. The molecule has 0 spiro atoms. The Labute approximate surface area is 224 Å². The summed E-state index contributed by atoms with van der Waals surface area (Å²) in [7, 11) is 1.97. The van der Waals surface area contributed by atoms with Crippen LogP contribution in [0, 0.1) is 0 Å². The number of alkyl halides is 3. The number of aryl methyl sites for hydroxylation is 3. The van der Waals surface area contributed by atoms with Gasteiger partial charge < -0.3 is 4.90 Å². The molecule has 6 heteroatoms. The van der Waals surface area contributed by atoms with E-state index in [-0.39, 0.29) is 12.6 Å². The fraction of sp³-hybridized carbons (Fsp3) is 0.469. The Kier molecular flexibility index (Phi) is 7.80. The summed E-state index contributed by atoms with van der Waals surface area (Å²) in [6, 6.07) is 16.5. The average Bonchev–Trinajstić information content (AvgIpc) is 3.46. The summed E-state index contributed by atoms with van der Waals surface area (Å²) in [6.45, 7) is 5.87. The molecule has 0 saturated carbocycles. The summed E-state index contributed by atoms with van der Waals surface area (Å²) < 4.78 is 44.4. The molecule has 1 fully saturated rings. The Morgan fingerprint density at radius 2 is 1.63 bits per heavy atom. The molecule has 5 rings (SSSR count). The van der Waals surface area contributed by atoms with Crippen LogP contribution in [0.15, 0.2) is 48.5 Å². The van der Waals surface area contributed by atoms with E-state index >= 15 is 0 Å². The van der Waals surface area contributed by atoms with Gasteiger partial charge in [-0.05, 0) is 80.3 Å². The van der Waals surface area contributed by atoms with E-state index in [9.17, 15) is 13.2 Å². The normalized spacial score (nSPS) is 17.8. The van der Waals surface area contributed by atoms with Gasteiger partial charge in [0.2, 0.25) is 0 Å². The highest BCUT2D eigenvalue weighted by Crippen LogP contribution is 2.42. The maximum absolute atomic E-state index is 14.8. The van der Waals surface area contributed by atoms with E-state index in [1.807, 2.05) is 37.4 Å². The number of rotatable bonds is 7. The summed E-state index contributed by atoms with van der Waals surface area (Å²) in [6.07, 6.45) is 1.96. The quantitative estimate of drug-likeness (QED) is 0.314. The van der Waals surface area contributed by atoms with Crippen LogP contribution in [-0.4, -0.2) is 30.0 Å². The van der Waals surface area contributed by atoms with Gasteiger partial charge in [0.05, 0.1) is 5.69 Å². The topological polar surface area (TPSA) is 19.4 Å². The van der Waals surface area contributed by atoms with Crippen LogP contribution in [0.5, 0.6) is 0 Å². The van der Waals surface area contributed by atoms with Gasteiger partial charge in [0.1, 0.15) is 0 Å². The predicted octanol–water partition coefficient (Wildman–Crippen LogP) is 8.00. The van der Waals surface area contributed by atoms with E-state index in [1.54, 1.807) is 0 Å². The molecule has 1 aliphatic heterocycles. The molecule has 0 radical (unpaired) electrons. The zero-order chi connectivity index (χ0) is 26.9. The molecule has 0 amide bonds. The van der Waals surface area contributed by atoms with Gasteiger partial charge in [0, 0.05) is 42.5 Å². The first-order valence-corrected chi connectivity index (χ1v) is 14.1. The Morgan fingerprint density at radius 3 is 2.29 bits per heavy atom. The van der Waals surface area contributed by atoms with Gasteiger partial charge in [-0.1, -0.05) is 56.3 Å². The van der Waals surface area contributed by atoms with Crippen molar-refractivity contribution in [3.63, 3.8) is 0 Å². The Morgan fingerprint density at radius 1 is 0.947 bits per heavy atom. The molecule has 2 aromatic carbocycles. The van der Waals surface area contributed by atoms with Crippen molar-refractivity contribution >= 4 is 5.69 Å². The highest BCUT2D eigenvalue weighted by Gasteiger charge is 2.39. The minimum Gasteiger partial charge on any atom is -0.371 e. The molecule has 3 nitrogen and oxygen atoms in total. The number of fused-ring (bicyclic) bond motifs is 1. The van der Waals surface area contributed by atoms with E-state index in [1.165, 1.54) is 11.1 Å². The lowest BCUT2D eigenvalue weighted by Gasteiger charge is -2.35. The summed E-state index contributed by atoms with van der Waals surface area (Å²) in [4.78, 5) is 8.69. The first kappa shape index (κ1) is 26.7. The largest absolute Gasteiger partial charge is 0.433 e. The molecule has 1 unspecified atom stereocenters. The average molecular weight is 522 g/mol. The molecule has 2 aliphatic rings. The third kappa shape index (κ3) is 5.20. The van der Waals surface area contributed by atoms with Crippen LogP contribution < -0.4 is 4.90 Å². The molecule has 202 valence electrons. The minimum absolute atomic E-state index is 0.0969. The van der Waals surface area contributed by atoms with Crippen molar-refractivity contribution in [2.45, 2.75) is 77.6 Å². The van der Waals surface area contributed by atoms with Gasteiger partial charge in [0.25, 0.3) is 0 Å². The second kappa shape index (κ2) is 11.1. The molecule has 38 heavy (non-hydrogen) atoms. The number of benzene rings is 2. The summed E-state index contributed by atoms with van der Waals surface area (Å²) in [5.41, 5.74) is 6.22. The van der Waals surface area contributed by atoms with Crippen LogP contribution in [0.1, 0.15) is 79.1 Å². The van der Waals surface area contributed by atoms with E-state index < -0.39 is 11.9 Å². The third-order valence-corrected chi connectivity index (χ3v) is 8.35. The first-order chi connectivity index (χ1) is 18.3. The van der Waals surface area contributed by atoms with Crippen molar-refractivity contribution in [2.75, 3.05) is 25.0 Å². The highest BCUT2D eigenvalue weighted by atomic mass is 19.4. The lowest BCUT2D eigenvalue weighted by molar-refractivity contribution is -0.142. The zero-order valence-electron chi connectivity index (χ0n) is 22.7. The number of anilines is 1. The van der Waals surface area contributed by atoms with Crippen molar-refractivity contribution in [3.05, 3.63) is 82.0 Å². The van der Waals surface area contributed by atoms with Crippen LogP contribution in [0.4, 0.5) is 18.9 Å². The predicted molar refractivity (Wildman–Crippen MR) is 148 cm³/mol. The number of hydrogen-bond acceptors (Lipinski definition) is 3. The lowest BCUT2D eigenvalue weighted by Crippen LogP contribution is -2.31. The second-order valence-electron chi connectivity index (χ2n) is 10.7. The van der Waals surface area contributed by atoms with Crippen molar-refractivity contribution in [3.8, 4) is 11.3 Å². The number of halogens is 3. The van der Waals surface area contributed by atoms with Crippen molar-refractivity contribution < 1.29 is 13.2 Å². The Balaban J connectivity index is 1.65. The monoisotopic (exact) mass is 521 g/mol. The molecule has 1 aliphatic carbocycles. The molecule has 0 bridgehead atoms. The van der Waals surface area contributed by atoms with Crippen LogP contribution in [-0.2, 0) is 32.0 Å². The van der Waals surface area contributed by atoms with Crippen molar-refractivity contribution in [1.82, 2.24) is 9.88 Å². The van der Waals surface area contributed by atoms with E-state index in [0.717, 1.165) is 74.7 Å². The standard InChI is InChI=1S/C32H38F3N3/c1-4-22-13-10-14-23(5-2)30(22)27-20-29(38-18-8-9-19-38)26(31(36-27)32(33,34)35)21-37(3)28-17-11-15-24-12-6-7-16-25(24)28/h6-7,10,12-14,16,20,28H,4-5,8-9,11,15,17-19,21H2,1-3H3. The third-order valence-electron chi connectivity index (χ3n) is 8.35. The molecule has 1 saturated heterocycles. The molecule has 0 N–H and O–H groups in total. The minimum atomic E-state index is -4.54. The van der Waals surface area contributed by atoms with Gasteiger partial charge in [-0.2, -0.15) is 13.2 Å². The second-order valence-corrected chi connectivity index (χ2v) is 10.7. The maximum atomic E-state index is 14.8. The number of aromatic nitrogens is 1. The molecule has 3 aromatic rings. The Bertz CT molecular complexity index is 1260. The lowest BCUT2D eigenvalue weighted by atomic mass is 9.86. The summed E-state index contributed by atoms with van der Waals surface area (Å²) >= 11 is 0. The van der Waals surface area contributed by atoms with Gasteiger partial charge in [0.15, 0.2) is 5.69 Å². The van der Waals surface area contributed by atoms with Gasteiger partial charge in [-0.3, -0.25) is 4.90 Å². The molecule has 1 atom stereocenters. The maximum Gasteiger partial charge on any atom is 0.433 e. The van der Waals surface area contributed by atoms with Gasteiger partial charge >= 0.3 is 6.18 Å².